The van der Waals surface area contributed by atoms with Crippen LogP contribution in [0.4, 0.5) is 0 Å². The van der Waals surface area contributed by atoms with Crippen LogP contribution in [0.1, 0.15) is 35.7 Å². The molecule has 2 N–H and O–H groups in total. The fraction of sp³-hybridized carbons (Fsp3) is 0.500. The second kappa shape index (κ2) is 5.42. The van der Waals surface area contributed by atoms with E-state index in [9.17, 15) is 0 Å². The van der Waals surface area contributed by atoms with Crippen LogP contribution in [-0.2, 0) is 13.0 Å². The van der Waals surface area contributed by atoms with Gasteiger partial charge in [0, 0.05) is 36.1 Å². The van der Waals surface area contributed by atoms with Crippen molar-refractivity contribution in [2.75, 3.05) is 0 Å². The number of thiazole rings is 1. The van der Waals surface area contributed by atoms with Gasteiger partial charge in [-0.15, -0.1) is 11.3 Å². The molecule has 2 heterocycles. The molecule has 0 aliphatic rings. The zero-order chi connectivity index (χ0) is 12.3. The van der Waals surface area contributed by atoms with Gasteiger partial charge in [0.15, 0.2) is 0 Å². The van der Waals surface area contributed by atoms with Crippen molar-refractivity contribution in [3.63, 3.8) is 0 Å². The Morgan fingerprint density at radius 3 is 3.00 bits per heavy atom. The van der Waals surface area contributed by atoms with E-state index in [1.807, 2.05) is 24.0 Å². The van der Waals surface area contributed by atoms with Crippen molar-refractivity contribution in [2.45, 2.75) is 39.3 Å². The van der Waals surface area contributed by atoms with Gasteiger partial charge in [-0.3, -0.25) is 4.68 Å². The Morgan fingerprint density at radius 2 is 2.35 bits per heavy atom. The third kappa shape index (κ3) is 3.14. The Bertz CT molecular complexity index is 474. The van der Waals surface area contributed by atoms with E-state index < -0.39 is 0 Å². The first-order valence-electron chi connectivity index (χ1n) is 5.88. The van der Waals surface area contributed by atoms with Gasteiger partial charge < -0.3 is 5.73 Å². The molecule has 0 radical (unpaired) electrons. The van der Waals surface area contributed by atoms with Crippen LogP contribution in [0.5, 0.6) is 0 Å². The maximum Gasteiger partial charge on any atom is 0.0897 e. The molecular formula is C12H18N4S. The Kier molecular flexibility index (Phi) is 3.91. The summed E-state index contributed by atoms with van der Waals surface area (Å²) in [6, 6.07) is -0.0119. The predicted molar refractivity (Wildman–Crippen MR) is 70.0 cm³/mol. The standard InChI is InChI=1S/C12H18N4S/c1-3-4-16-7-10(6-14-16)12(13)5-11-8-17-9(2)15-11/h6-8,12H,3-5,13H2,1-2H3. The van der Waals surface area contributed by atoms with Gasteiger partial charge in [0.25, 0.3) is 0 Å². The van der Waals surface area contributed by atoms with Crippen LogP contribution in [0.25, 0.3) is 0 Å². The van der Waals surface area contributed by atoms with Crippen LogP contribution in [-0.4, -0.2) is 14.8 Å². The molecule has 0 saturated carbocycles. The van der Waals surface area contributed by atoms with E-state index in [1.54, 1.807) is 11.3 Å². The summed E-state index contributed by atoms with van der Waals surface area (Å²) in [4.78, 5) is 4.43. The molecule has 0 aliphatic carbocycles. The average Bonchev–Trinajstić information content (AvgIpc) is 2.88. The molecule has 1 unspecified atom stereocenters. The highest BCUT2D eigenvalue weighted by Crippen LogP contribution is 2.17. The van der Waals surface area contributed by atoms with Crippen molar-refractivity contribution in [3.8, 4) is 0 Å². The normalized spacial score (nSPS) is 12.9. The van der Waals surface area contributed by atoms with E-state index in [-0.39, 0.29) is 6.04 Å². The molecule has 5 heteroatoms. The highest BCUT2D eigenvalue weighted by molar-refractivity contribution is 7.09. The molecule has 0 bridgehead atoms. The fourth-order valence-corrected chi connectivity index (χ4v) is 2.39. The zero-order valence-corrected chi connectivity index (χ0v) is 11.1. The van der Waals surface area contributed by atoms with E-state index in [2.05, 4.69) is 22.4 Å². The van der Waals surface area contributed by atoms with Gasteiger partial charge in [-0.25, -0.2) is 4.98 Å². The summed E-state index contributed by atoms with van der Waals surface area (Å²) in [7, 11) is 0. The van der Waals surface area contributed by atoms with Gasteiger partial charge in [0.05, 0.1) is 16.9 Å². The lowest BCUT2D eigenvalue weighted by Gasteiger charge is -2.06. The number of aromatic nitrogens is 3. The van der Waals surface area contributed by atoms with Crippen LogP contribution in [0.2, 0.25) is 0 Å². The Hall–Kier alpha value is -1.20. The monoisotopic (exact) mass is 250 g/mol. The minimum absolute atomic E-state index is 0.0119. The molecule has 2 aromatic rings. The largest absolute Gasteiger partial charge is 0.324 e. The molecule has 0 spiro atoms. The number of aryl methyl sites for hydroxylation is 2. The van der Waals surface area contributed by atoms with Crippen molar-refractivity contribution in [1.29, 1.82) is 0 Å². The number of nitrogens with zero attached hydrogens (tertiary/aromatic N) is 3. The van der Waals surface area contributed by atoms with Gasteiger partial charge in [0.2, 0.25) is 0 Å². The van der Waals surface area contributed by atoms with Crippen molar-refractivity contribution < 1.29 is 0 Å². The maximum atomic E-state index is 6.16. The van der Waals surface area contributed by atoms with Gasteiger partial charge in [-0.1, -0.05) is 6.92 Å². The van der Waals surface area contributed by atoms with Crippen LogP contribution >= 0.6 is 11.3 Å². The smallest absolute Gasteiger partial charge is 0.0897 e. The van der Waals surface area contributed by atoms with Crippen LogP contribution < -0.4 is 5.73 Å². The zero-order valence-electron chi connectivity index (χ0n) is 10.3. The molecular weight excluding hydrogens is 232 g/mol. The molecule has 0 aliphatic heterocycles. The van der Waals surface area contributed by atoms with Gasteiger partial charge in [-0.2, -0.15) is 5.10 Å². The summed E-state index contributed by atoms with van der Waals surface area (Å²) in [5, 5.41) is 7.46. The van der Waals surface area contributed by atoms with Gasteiger partial charge in [0.1, 0.15) is 0 Å². The van der Waals surface area contributed by atoms with Crippen molar-refractivity contribution in [1.82, 2.24) is 14.8 Å². The lowest BCUT2D eigenvalue weighted by atomic mass is 10.1. The first-order chi connectivity index (χ1) is 8.19. The Morgan fingerprint density at radius 1 is 1.53 bits per heavy atom. The maximum absolute atomic E-state index is 6.16. The molecule has 0 saturated heterocycles. The third-order valence-electron chi connectivity index (χ3n) is 2.63. The highest BCUT2D eigenvalue weighted by Gasteiger charge is 2.11. The molecule has 2 aromatic heterocycles. The molecule has 4 nitrogen and oxygen atoms in total. The molecule has 92 valence electrons. The van der Waals surface area contributed by atoms with Crippen molar-refractivity contribution in [2.24, 2.45) is 5.73 Å². The van der Waals surface area contributed by atoms with E-state index >= 15 is 0 Å². The quantitative estimate of drug-likeness (QED) is 0.886. The van der Waals surface area contributed by atoms with Crippen LogP contribution in [0, 0.1) is 6.92 Å². The lowest BCUT2D eigenvalue weighted by molar-refractivity contribution is 0.600. The van der Waals surface area contributed by atoms with Gasteiger partial charge in [-0.05, 0) is 13.3 Å². The van der Waals surface area contributed by atoms with Crippen molar-refractivity contribution >= 4 is 11.3 Å². The number of hydrogen-bond donors (Lipinski definition) is 1. The van der Waals surface area contributed by atoms with E-state index in [0.29, 0.717) is 0 Å². The topological polar surface area (TPSA) is 56.7 Å². The third-order valence-corrected chi connectivity index (χ3v) is 3.45. The minimum atomic E-state index is -0.0119. The molecule has 0 aromatic carbocycles. The van der Waals surface area contributed by atoms with E-state index in [4.69, 9.17) is 5.73 Å². The highest BCUT2D eigenvalue weighted by atomic mass is 32.1. The second-order valence-electron chi connectivity index (χ2n) is 4.21. The molecule has 1 atom stereocenters. The Balaban J connectivity index is 2.01. The summed E-state index contributed by atoms with van der Waals surface area (Å²) >= 11 is 1.67. The minimum Gasteiger partial charge on any atom is -0.324 e. The molecule has 17 heavy (non-hydrogen) atoms. The van der Waals surface area contributed by atoms with Crippen LogP contribution in [0.3, 0.4) is 0 Å². The first-order valence-corrected chi connectivity index (χ1v) is 6.76. The number of hydrogen-bond acceptors (Lipinski definition) is 4. The summed E-state index contributed by atoms with van der Waals surface area (Å²) < 4.78 is 1.95. The first kappa shape index (κ1) is 12.3. The van der Waals surface area contributed by atoms with Gasteiger partial charge >= 0.3 is 0 Å². The summed E-state index contributed by atoms with van der Waals surface area (Å²) in [6.07, 6.45) is 5.76. The van der Waals surface area contributed by atoms with Crippen LogP contribution in [0.15, 0.2) is 17.8 Å². The summed E-state index contributed by atoms with van der Waals surface area (Å²) in [5.74, 6) is 0. The number of nitrogens with two attached hydrogens (primary N) is 1. The fourth-order valence-electron chi connectivity index (χ4n) is 1.77. The SMILES string of the molecule is CCCn1cc(C(N)Cc2csc(C)n2)cn1. The number of rotatable bonds is 5. The second-order valence-corrected chi connectivity index (χ2v) is 5.27. The summed E-state index contributed by atoms with van der Waals surface area (Å²) in [5.41, 5.74) is 8.32. The Labute approximate surface area is 105 Å². The predicted octanol–water partition coefficient (Wildman–Crippen LogP) is 2.30. The molecule has 0 fully saturated rings. The molecule has 0 amide bonds. The average molecular weight is 250 g/mol. The van der Waals surface area contributed by atoms with E-state index in [0.717, 1.165) is 35.7 Å². The lowest BCUT2D eigenvalue weighted by Crippen LogP contribution is -2.13. The van der Waals surface area contributed by atoms with Crippen molar-refractivity contribution in [3.05, 3.63) is 34.0 Å². The summed E-state index contributed by atoms with van der Waals surface area (Å²) in [6.45, 7) is 5.10. The van der Waals surface area contributed by atoms with E-state index in [1.165, 1.54) is 0 Å². The molecule has 2 rings (SSSR count).